The molecule has 0 radical (unpaired) electrons. The van der Waals surface area contributed by atoms with Gasteiger partial charge in [0.15, 0.2) is 0 Å². The highest BCUT2D eigenvalue weighted by molar-refractivity contribution is 6.01. The molecule has 0 nitrogen and oxygen atoms in total. The van der Waals surface area contributed by atoms with Crippen LogP contribution >= 0.6 is 0 Å². The zero-order chi connectivity index (χ0) is 80.9. The first-order valence-corrected chi connectivity index (χ1v) is 42.8. The Morgan fingerprint density at radius 3 is 0.860 bits per heavy atom. The molecule has 0 saturated heterocycles. The summed E-state index contributed by atoms with van der Waals surface area (Å²) in [4.78, 5) is 0. The summed E-state index contributed by atoms with van der Waals surface area (Å²) in [6.45, 7) is 11.0. The van der Waals surface area contributed by atoms with Crippen molar-refractivity contribution in [2.45, 2.75) is 56.3 Å². The molecule has 19 aromatic rings. The first-order chi connectivity index (χ1) is 59.6. The summed E-state index contributed by atoms with van der Waals surface area (Å²) in [6.07, 6.45) is 0. The van der Waals surface area contributed by atoms with E-state index in [1.165, 1.54) is 228 Å². The van der Waals surface area contributed by atoms with Crippen LogP contribution in [-0.2, 0) is 21.7 Å². The molecule has 0 fully saturated rings. The molecule has 0 atom stereocenters. The molecular weight excluding hydrogens is 1450 g/mol. The maximum atomic E-state index is 2.40. The minimum atomic E-state index is -0.190. The van der Waals surface area contributed by atoms with Gasteiger partial charge in [0.2, 0.25) is 0 Å². The fourth-order valence-corrected chi connectivity index (χ4v) is 23.3. The van der Waals surface area contributed by atoms with Gasteiger partial charge in [-0.2, -0.15) is 0 Å². The molecule has 27 rings (SSSR count). The van der Waals surface area contributed by atoms with Gasteiger partial charge >= 0.3 is 0 Å². The standard InChI is InChI=1S/4C26H18.C17H14/c1-17-9-8-13-21-20-12-4-7-16-24(20)26(25(17)21)22-14-5-2-10-18(22)19-11-3-6-15-23(19)26;1-17-9-8-16-24-25(17)20-12-4-7-15-23(20)26(24)21-13-5-2-10-18(21)19-11-3-6-14-22(19)26;1-17-14-15-25-21(16-17)20-10-4-7-13-24(20)26(25)22-11-5-2-8-18(22)19-9-3-6-12-23(19)26;1-17-14-15-21-20-10-4-7-13-24(20)26(25(21)16-17)22-11-5-2-8-18(22)19-9-3-6-12-23(19)26;1-13-9-11-15(12-10-13)17-8-4-6-14-5-2-3-7-16(14)17/h4*2-16H,1H3;2-12H,1H3. The van der Waals surface area contributed by atoms with Gasteiger partial charge in [0.05, 0.1) is 21.7 Å². The van der Waals surface area contributed by atoms with Crippen LogP contribution in [-0.4, -0.2) is 0 Å². The van der Waals surface area contributed by atoms with Crippen LogP contribution in [0.4, 0.5) is 0 Å². The average Bonchev–Trinajstić information content (AvgIpc) is 1.53. The quantitative estimate of drug-likeness (QED) is 0.154. The maximum Gasteiger partial charge on any atom is 0.0728 e. The van der Waals surface area contributed by atoms with Crippen LogP contribution < -0.4 is 0 Å². The molecule has 4 spiro atoms. The van der Waals surface area contributed by atoms with E-state index in [0.717, 1.165) is 0 Å². The van der Waals surface area contributed by atoms with E-state index < -0.39 is 0 Å². The largest absolute Gasteiger partial charge is 0.0728 e. The van der Waals surface area contributed by atoms with Gasteiger partial charge < -0.3 is 0 Å². The fourth-order valence-electron chi connectivity index (χ4n) is 23.3. The topological polar surface area (TPSA) is 0 Å². The van der Waals surface area contributed by atoms with E-state index in [-0.39, 0.29) is 21.7 Å². The molecule has 570 valence electrons. The number of hydrogen-bond acceptors (Lipinski definition) is 0. The summed E-state index contributed by atoms with van der Waals surface area (Å²) >= 11 is 0. The third kappa shape index (κ3) is 10.1. The molecule has 0 N–H and O–H groups in total. The fraction of sp³-hybridized carbons (Fsp3) is 0.0744. The van der Waals surface area contributed by atoms with E-state index in [1.54, 1.807) is 0 Å². The molecule has 8 aliphatic carbocycles. The number of benzene rings is 19. The van der Waals surface area contributed by atoms with Crippen LogP contribution in [0.2, 0.25) is 0 Å². The summed E-state index contributed by atoms with van der Waals surface area (Å²) in [7, 11) is 0. The van der Waals surface area contributed by atoms with Gasteiger partial charge in [0.25, 0.3) is 0 Å². The Bertz CT molecular complexity index is 7150. The van der Waals surface area contributed by atoms with Crippen molar-refractivity contribution >= 4 is 10.8 Å². The highest BCUT2D eigenvalue weighted by Crippen LogP contribution is 2.68. The molecule has 0 heterocycles. The Balaban J connectivity index is 0.0000000887. The normalized spacial score (nSPS) is 14.1. The van der Waals surface area contributed by atoms with E-state index in [2.05, 4.69) is 465 Å². The molecule has 0 aliphatic heterocycles. The third-order valence-electron chi connectivity index (χ3n) is 27.9. The summed E-state index contributed by atoms with van der Waals surface area (Å²) in [5.74, 6) is 0. The van der Waals surface area contributed by atoms with Crippen LogP contribution in [0, 0.1) is 34.6 Å². The van der Waals surface area contributed by atoms with E-state index in [0.29, 0.717) is 0 Å². The van der Waals surface area contributed by atoms with E-state index in [4.69, 9.17) is 0 Å². The lowest BCUT2D eigenvalue weighted by molar-refractivity contribution is 0.786. The number of aryl methyl sites for hydroxylation is 5. The lowest BCUT2D eigenvalue weighted by Gasteiger charge is -2.31. The lowest BCUT2D eigenvalue weighted by atomic mass is 9.69. The maximum absolute atomic E-state index is 2.40. The van der Waals surface area contributed by atoms with Crippen LogP contribution in [0.1, 0.15) is 117 Å². The Kier molecular flexibility index (Phi) is 16.5. The van der Waals surface area contributed by atoms with Crippen LogP contribution in [0.3, 0.4) is 0 Å². The second-order valence-electron chi connectivity index (χ2n) is 34.0. The molecule has 8 aliphatic rings. The van der Waals surface area contributed by atoms with Crippen molar-refractivity contribution in [3.05, 3.63) is 548 Å². The van der Waals surface area contributed by atoms with Gasteiger partial charge in [-0.1, -0.05) is 447 Å². The Hall–Kier alpha value is -14.6. The summed E-state index contributed by atoms with van der Waals surface area (Å²) in [5.41, 5.74) is 53.2. The second-order valence-corrected chi connectivity index (χ2v) is 34.0. The summed E-state index contributed by atoms with van der Waals surface area (Å²) in [6, 6.07) is 159. The number of hydrogen-bond donors (Lipinski definition) is 0. The number of rotatable bonds is 1. The Labute approximate surface area is 709 Å². The lowest BCUT2D eigenvalue weighted by Crippen LogP contribution is -2.26. The number of fused-ring (bicyclic) bond motifs is 41. The highest BCUT2D eigenvalue weighted by atomic mass is 14.6. The average molecular weight is 1540 g/mol. The molecule has 0 amide bonds. The smallest absolute Gasteiger partial charge is 0.0619 e. The highest BCUT2D eigenvalue weighted by Gasteiger charge is 2.56. The first-order valence-electron chi connectivity index (χ1n) is 42.8. The van der Waals surface area contributed by atoms with Crippen LogP contribution in [0.5, 0.6) is 0 Å². The van der Waals surface area contributed by atoms with Crippen molar-refractivity contribution in [2.24, 2.45) is 0 Å². The van der Waals surface area contributed by atoms with Crippen LogP contribution in [0.15, 0.2) is 431 Å². The molecule has 19 aromatic carbocycles. The first kappa shape index (κ1) is 71.7. The van der Waals surface area contributed by atoms with Gasteiger partial charge in [-0.25, -0.2) is 0 Å². The summed E-state index contributed by atoms with van der Waals surface area (Å²) in [5, 5.41) is 2.62. The molecule has 0 unspecified atom stereocenters. The van der Waals surface area contributed by atoms with Gasteiger partial charge in [-0.15, -0.1) is 0 Å². The van der Waals surface area contributed by atoms with E-state index >= 15 is 0 Å². The molecule has 121 heavy (non-hydrogen) atoms. The molecule has 0 saturated carbocycles. The van der Waals surface area contributed by atoms with Crippen molar-refractivity contribution in [3.63, 3.8) is 0 Å². The molecular formula is C121H86. The van der Waals surface area contributed by atoms with Gasteiger partial charge in [0.1, 0.15) is 0 Å². The van der Waals surface area contributed by atoms with Gasteiger partial charge in [-0.05, 0) is 246 Å². The van der Waals surface area contributed by atoms with E-state index in [1.807, 2.05) is 0 Å². The zero-order valence-electron chi connectivity index (χ0n) is 68.5. The van der Waals surface area contributed by atoms with Crippen molar-refractivity contribution < 1.29 is 0 Å². The third-order valence-corrected chi connectivity index (χ3v) is 27.9. The monoisotopic (exact) mass is 1540 g/mol. The Morgan fingerprint density at radius 1 is 0.149 bits per heavy atom. The van der Waals surface area contributed by atoms with Gasteiger partial charge in [0, 0.05) is 0 Å². The van der Waals surface area contributed by atoms with Crippen molar-refractivity contribution in [1.82, 2.24) is 0 Å². The summed E-state index contributed by atoms with van der Waals surface area (Å²) < 4.78 is 0. The molecule has 0 aromatic heterocycles. The Morgan fingerprint density at radius 2 is 0.413 bits per heavy atom. The molecule has 0 bridgehead atoms. The minimum Gasteiger partial charge on any atom is -0.0619 e. The zero-order valence-corrected chi connectivity index (χ0v) is 68.5. The predicted molar refractivity (Wildman–Crippen MR) is 504 cm³/mol. The minimum absolute atomic E-state index is 0.188. The van der Waals surface area contributed by atoms with E-state index in [9.17, 15) is 0 Å². The second kappa shape index (κ2) is 27.8. The van der Waals surface area contributed by atoms with Crippen molar-refractivity contribution in [3.8, 4) is 100 Å². The predicted octanol–water partition coefficient (Wildman–Crippen LogP) is 30.2. The van der Waals surface area contributed by atoms with Crippen LogP contribution in [0.25, 0.3) is 111 Å². The van der Waals surface area contributed by atoms with Gasteiger partial charge in [-0.3, -0.25) is 0 Å². The SMILES string of the molecule is Cc1ccc(-c2cccc3ccccc23)cc1.Cc1ccc2c(c1)-c1ccccc1C21c2ccccc2-c2ccccc21.Cc1ccc2c(c1)C1(c3ccccc3-c3ccccc31)c1ccccc1-2.Cc1cccc2c1-c1ccccc1C21c2ccccc2-c2ccccc21.Cc1cccc2c1C1(c3ccccc3-c3ccccc31)c1ccccc1-2. The van der Waals surface area contributed by atoms with Crippen molar-refractivity contribution in [2.75, 3.05) is 0 Å². The van der Waals surface area contributed by atoms with Crippen molar-refractivity contribution in [1.29, 1.82) is 0 Å². The molecule has 0 heteroatoms.